The van der Waals surface area contributed by atoms with Crippen molar-refractivity contribution in [2.24, 2.45) is 0 Å². The minimum Gasteiger partial charge on any atom is -0.434 e. The van der Waals surface area contributed by atoms with Crippen molar-refractivity contribution < 1.29 is 32.3 Å². The summed E-state index contributed by atoms with van der Waals surface area (Å²) in [4.78, 5) is 40.0. The Balaban J connectivity index is 1.56. The molecule has 2 aromatic carbocycles. The van der Waals surface area contributed by atoms with E-state index in [1.165, 1.54) is 36.4 Å². The predicted octanol–water partition coefficient (Wildman–Crippen LogP) is 3.49. The summed E-state index contributed by atoms with van der Waals surface area (Å²) in [6, 6.07) is 17.7. The summed E-state index contributed by atoms with van der Waals surface area (Å²) in [7, 11) is -4.28. The van der Waals surface area contributed by atoms with Gasteiger partial charge in [-0.15, -0.1) is 0 Å². The van der Waals surface area contributed by atoms with Gasteiger partial charge < -0.3 is 14.8 Å². The largest absolute Gasteiger partial charge is 0.515 e. The zero-order valence-corrected chi connectivity index (χ0v) is 21.0. The van der Waals surface area contributed by atoms with Gasteiger partial charge in [0.05, 0.1) is 17.1 Å². The number of nitrogens with zero attached hydrogens (tertiary/aromatic N) is 1. The number of carbonyl (C=O) groups is 3. The van der Waals surface area contributed by atoms with Crippen LogP contribution in [0.1, 0.15) is 46.0 Å². The molecule has 0 radical (unpaired) electrons. The van der Waals surface area contributed by atoms with Gasteiger partial charge in [0.15, 0.2) is 0 Å². The van der Waals surface area contributed by atoms with E-state index < -0.39 is 28.0 Å². The summed E-state index contributed by atoms with van der Waals surface area (Å²) < 4.78 is 37.1. The van der Waals surface area contributed by atoms with Crippen LogP contribution < -0.4 is 14.8 Å². The van der Waals surface area contributed by atoms with Crippen molar-refractivity contribution in [3.05, 3.63) is 89.6 Å². The Kier molecular flexibility index (Phi) is 9.73. The maximum absolute atomic E-state index is 12.8. The molecule has 0 aliphatic heterocycles. The number of nitrogens with one attached hydrogen (secondary N) is 2. The average molecular weight is 526 g/mol. The van der Waals surface area contributed by atoms with Crippen LogP contribution in [0.2, 0.25) is 0 Å². The summed E-state index contributed by atoms with van der Waals surface area (Å²) >= 11 is 0. The molecule has 0 saturated carbocycles. The van der Waals surface area contributed by atoms with E-state index in [1.54, 1.807) is 0 Å². The Morgan fingerprint density at radius 3 is 2.41 bits per heavy atom. The van der Waals surface area contributed by atoms with Crippen molar-refractivity contribution in [2.45, 2.75) is 31.1 Å². The number of carbonyl (C=O) groups excluding carboxylic acids is 3. The standard InChI is InChI=1S/C26H27N3O7S/c1-2-16-35-26(32)36-23-14-13-21(18-28-23)25(31)29-37(33,34)22-12-6-11-20(17-22)24(30)27-15-7-10-19-8-4-3-5-9-19/h3-6,8-9,11-14,17-18H,2,7,10,15-16H2,1H3,(H,27,30)(H,29,31). The summed E-state index contributed by atoms with van der Waals surface area (Å²) in [5.74, 6) is -1.47. The number of amides is 2. The number of rotatable bonds is 11. The monoisotopic (exact) mass is 525 g/mol. The van der Waals surface area contributed by atoms with Crippen LogP contribution in [-0.2, 0) is 21.2 Å². The smallest absolute Gasteiger partial charge is 0.434 e. The fraction of sp³-hybridized carbons (Fsp3) is 0.231. The number of pyridine rings is 1. The molecule has 0 aliphatic carbocycles. The van der Waals surface area contributed by atoms with Gasteiger partial charge in [-0.05, 0) is 49.1 Å². The number of benzene rings is 2. The quantitative estimate of drug-likeness (QED) is 0.286. The van der Waals surface area contributed by atoms with Crippen LogP contribution in [0.15, 0.2) is 77.8 Å². The lowest BCUT2D eigenvalue weighted by molar-refractivity contribution is 0.0948. The fourth-order valence-electron chi connectivity index (χ4n) is 3.16. The van der Waals surface area contributed by atoms with Crippen molar-refractivity contribution >= 4 is 28.0 Å². The Bertz CT molecular complexity index is 1330. The van der Waals surface area contributed by atoms with Gasteiger partial charge in [-0.2, -0.15) is 0 Å². The van der Waals surface area contributed by atoms with Crippen LogP contribution in [0, 0.1) is 0 Å². The molecule has 0 saturated heterocycles. The predicted molar refractivity (Wildman–Crippen MR) is 135 cm³/mol. The van der Waals surface area contributed by atoms with E-state index in [-0.39, 0.29) is 28.5 Å². The molecule has 10 nitrogen and oxygen atoms in total. The van der Waals surface area contributed by atoms with Crippen molar-refractivity contribution in [2.75, 3.05) is 13.2 Å². The molecular weight excluding hydrogens is 498 g/mol. The highest BCUT2D eigenvalue weighted by molar-refractivity contribution is 7.90. The summed E-state index contributed by atoms with van der Waals surface area (Å²) in [6.45, 7) is 2.44. The molecule has 1 heterocycles. The molecule has 2 N–H and O–H groups in total. The second-order valence-corrected chi connectivity index (χ2v) is 9.58. The molecule has 2 amide bonds. The third kappa shape index (κ3) is 8.43. The average Bonchev–Trinajstić information content (AvgIpc) is 2.90. The molecule has 3 aromatic rings. The van der Waals surface area contributed by atoms with Crippen molar-refractivity contribution in [3.63, 3.8) is 0 Å². The maximum atomic E-state index is 12.8. The highest BCUT2D eigenvalue weighted by Crippen LogP contribution is 2.14. The van der Waals surface area contributed by atoms with E-state index in [2.05, 4.69) is 10.3 Å². The Hall–Kier alpha value is -4.25. The third-order valence-corrected chi connectivity index (χ3v) is 6.34. The van der Waals surface area contributed by atoms with Gasteiger partial charge in [0.25, 0.3) is 21.8 Å². The van der Waals surface area contributed by atoms with E-state index in [9.17, 15) is 22.8 Å². The summed E-state index contributed by atoms with van der Waals surface area (Å²) in [5.41, 5.74) is 1.23. The van der Waals surface area contributed by atoms with Crippen LogP contribution in [0.4, 0.5) is 4.79 Å². The molecule has 3 rings (SSSR count). The van der Waals surface area contributed by atoms with Crippen molar-refractivity contribution in [3.8, 4) is 5.88 Å². The van der Waals surface area contributed by atoms with Gasteiger partial charge >= 0.3 is 6.16 Å². The second kappa shape index (κ2) is 13.2. The first-order chi connectivity index (χ1) is 17.8. The van der Waals surface area contributed by atoms with E-state index in [1.807, 2.05) is 42.0 Å². The fourth-order valence-corrected chi connectivity index (χ4v) is 4.18. The lowest BCUT2D eigenvalue weighted by atomic mass is 10.1. The first-order valence-corrected chi connectivity index (χ1v) is 13.1. The summed E-state index contributed by atoms with van der Waals surface area (Å²) in [5, 5.41) is 2.77. The highest BCUT2D eigenvalue weighted by atomic mass is 32.2. The van der Waals surface area contributed by atoms with E-state index in [0.717, 1.165) is 24.6 Å². The van der Waals surface area contributed by atoms with E-state index in [0.29, 0.717) is 13.0 Å². The number of aromatic nitrogens is 1. The molecule has 0 atom stereocenters. The van der Waals surface area contributed by atoms with E-state index >= 15 is 0 Å². The van der Waals surface area contributed by atoms with Gasteiger partial charge in [-0.1, -0.05) is 43.3 Å². The minimum absolute atomic E-state index is 0.0786. The maximum Gasteiger partial charge on any atom is 0.515 e. The lowest BCUT2D eigenvalue weighted by Gasteiger charge is -2.10. The zero-order valence-electron chi connectivity index (χ0n) is 20.2. The van der Waals surface area contributed by atoms with Gasteiger partial charge in [-0.3, -0.25) is 9.59 Å². The lowest BCUT2D eigenvalue weighted by Crippen LogP contribution is -2.31. The van der Waals surface area contributed by atoms with Crippen LogP contribution in [0.25, 0.3) is 0 Å². The van der Waals surface area contributed by atoms with E-state index in [4.69, 9.17) is 9.47 Å². The molecule has 0 fully saturated rings. The summed E-state index contributed by atoms with van der Waals surface area (Å²) in [6.07, 6.45) is 2.27. The molecule has 0 spiro atoms. The van der Waals surface area contributed by atoms with Gasteiger partial charge in [0, 0.05) is 24.4 Å². The number of sulfonamides is 1. The Morgan fingerprint density at radius 2 is 1.70 bits per heavy atom. The van der Waals surface area contributed by atoms with Gasteiger partial charge in [-0.25, -0.2) is 22.9 Å². The van der Waals surface area contributed by atoms with Crippen LogP contribution in [0.5, 0.6) is 5.88 Å². The van der Waals surface area contributed by atoms with Gasteiger partial charge in [0.1, 0.15) is 0 Å². The number of aryl methyl sites for hydroxylation is 1. The first-order valence-electron chi connectivity index (χ1n) is 11.6. The SMILES string of the molecule is CCCOC(=O)Oc1ccc(C(=O)NS(=O)(=O)c2cccc(C(=O)NCCCc3ccccc3)c2)cn1. The molecule has 194 valence electrons. The molecule has 11 heteroatoms. The normalized spacial score (nSPS) is 10.8. The molecule has 0 unspecified atom stereocenters. The minimum atomic E-state index is -4.28. The highest BCUT2D eigenvalue weighted by Gasteiger charge is 2.21. The van der Waals surface area contributed by atoms with Crippen LogP contribution in [-0.4, -0.2) is 44.5 Å². The zero-order chi connectivity index (χ0) is 26.7. The molecule has 0 aliphatic rings. The van der Waals surface area contributed by atoms with Crippen LogP contribution >= 0.6 is 0 Å². The number of ether oxygens (including phenoxy) is 2. The Morgan fingerprint density at radius 1 is 0.919 bits per heavy atom. The van der Waals surface area contributed by atoms with Crippen molar-refractivity contribution in [1.82, 2.24) is 15.0 Å². The molecule has 0 bridgehead atoms. The Labute approximate surface area is 215 Å². The number of hydrogen-bond acceptors (Lipinski definition) is 8. The third-order valence-electron chi connectivity index (χ3n) is 5.01. The molecule has 37 heavy (non-hydrogen) atoms. The topological polar surface area (TPSA) is 141 Å². The first kappa shape index (κ1) is 27.3. The van der Waals surface area contributed by atoms with Gasteiger partial charge in [0.2, 0.25) is 5.88 Å². The second-order valence-electron chi connectivity index (χ2n) is 7.89. The van der Waals surface area contributed by atoms with Crippen LogP contribution in [0.3, 0.4) is 0 Å². The number of hydrogen-bond donors (Lipinski definition) is 2. The molecule has 1 aromatic heterocycles. The van der Waals surface area contributed by atoms with Crippen molar-refractivity contribution in [1.29, 1.82) is 0 Å². The molecular formula is C26H27N3O7S.